The summed E-state index contributed by atoms with van der Waals surface area (Å²) in [4.78, 5) is 56.6. The minimum atomic E-state index is -0.860. The van der Waals surface area contributed by atoms with E-state index in [9.17, 15) is 19.2 Å². The molecule has 3 aromatic rings. The summed E-state index contributed by atoms with van der Waals surface area (Å²) < 4.78 is 5.02. The van der Waals surface area contributed by atoms with Crippen LogP contribution in [0.3, 0.4) is 0 Å². The van der Waals surface area contributed by atoms with Gasteiger partial charge in [0.05, 0.1) is 7.11 Å². The summed E-state index contributed by atoms with van der Waals surface area (Å²) >= 11 is 0. The number of esters is 1. The van der Waals surface area contributed by atoms with E-state index in [2.05, 4.69) is 29.5 Å². The van der Waals surface area contributed by atoms with Gasteiger partial charge in [0.25, 0.3) is 16.8 Å². The Morgan fingerprint density at radius 1 is 0.854 bits per heavy atom. The highest BCUT2D eigenvalue weighted by Gasteiger charge is 2.30. The lowest BCUT2D eigenvalue weighted by Crippen LogP contribution is -2.46. The monoisotopic (exact) mass is 562 g/mol. The summed E-state index contributed by atoms with van der Waals surface area (Å²) in [6.45, 7) is 5.70. The quantitative estimate of drug-likeness (QED) is 0.125. The van der Waals surface area contributed by atoms with Crippen molar-refractivity contribution in [3.63, 3.8) is 0 Å². The van der Waals surface area contributed by atoms with Crippen molar-refractivity contribution in [1.29, 1.82) is 0 Å². The third kappa shape index (κ3) is 8.99. The second kappa shape index (κ2) is 16.3. The van der Waals surface area contributed by atoms with E-state index in [4.69, 9.17) is 4.74 Å². The highest BCUT2D eigenvalue weighted by atomic mass is 16.5. The first-order valence-corrected chi connectivity index (χ1v) is 14.6. The Labute approximate surface area is 242 Å². The Morgan fingerprint density at radius 3 is 2.02 bits per heavy atom. The van der Waals surface area contributed by atoms with Gasteiger partial charge < -0.3 is 20.3 Å². The van der Waals surface area contributed by atoms with Crippen LogP contribution in [0.5, 0.6) is 0 Å². The molecule has 220 valence electrons. The van der Waals surface area contributed by atoms with Crippen LogP contribution in [0.1, 0.15) is 81.1 Å². The highest BCUT2D eigenvalue weighted by Crippen LogP contribution is 2.24. The maximum absolute atomic E-state index is 12.8. The number of unbranched alkanes of at least 4 members (excludes halogenated alkanes) is 6. The molecule has 9 heteroatoms. The molecule has 1 aromatic heterocycles. The van der Waals surface area contributed by atoms with Gasteiger partial charge in [0.1, 0.15) is 17.4 Å². The summed E-state index contributed by atoms with van der Waals surface area (Å²) in [7, 11) is 1.30. The van der Waals surface area contributed by atoms with Gasteiger partial charge in [-0.2, -0.15) is 0 Å². The van der Waals surface area contributed by atoms with Crippen LogP contribution < -0.4 is 26.4 Å². The SMILES string of the molecule is CCCCCCN(CCCCCC)c1c(N[C@@H](Cc2ccc(NC(=O)c3ccncc3)cc2)C(=O)OC)c(=O)c1=O. The van der Waals surface area contributed by atoms with E-state index >= 15 is 0 Å². The van der Waals surface area contributed by atoms with Gasteiger partial charge in [0.2, 0.25) is 0 Å². The van der Waals surface area contributed by atoms with E-state index < -0.39 is 22.9 Å². The topological polar surface area (TPSA) is 118 Å². The lowest BCUT2D eigenvalue weighted by atomic mass is 10.0. The molecule has 0 bridgehead atoms. The predicted octanol–water partition coefficient (Wildman–Crippen LogP) is 5.09. The molecule has 0 aliphatic carbocycles. The molecule has 9 nitrogen and oxygen atoms in total. The van der Waals surface area contributed by atoms with E-state index in [1.165, 1.54) is 7.11 Å². The largest absolute Gasteiger partial charge is 0.467 e. The molecule has 3 rings (SSSR count). The Kier molecular flexibility index (Phi) is 12.5. The maximum atomic E-state index is 12.8. The molecule has 0 radical (unpaired) electrons. The van der Waals surface area contributed by atoms with E-state index in [1.807, 2.05) is 4.90 Å². The number of pyridine rings is 1. The maximum Gasteiger partial charge on any atom is 0.328 e. The van der Waals surface area contributed by atoms with Crippen LogP contribution in [0, 0.1) is 0 Å². The minimum absolute atomic E-state index is 0.192. The third-order valence-electron chi connectivity index (χ3n) is 7.16. The van der Waals surface area contributed by atoms with Crippen molar-refractivity contribution >= 4 is 28.9 Å². The number of methoxy groups -OCH3 is 1. The number of amides is 1. The zero-order valence-corrected chi connectivity index (χ0v) is 24.4. The van der Waals surface area contributed by atoms with Gasteiger partial charge in [-0.3, -0.25) is 19.4 Å². The normalized spacial score (nSPS) is 11.7. The molecule has 0 aliphatic rings. The minimum Gasteiger partial charge on any atom is -0.467 e. The molecular formula is C32H42N4O5. The molecule has 1 heterocycles. The van der Waals surface area contributed by atoms with Gasteiger partial charge in [-0.1, -0.05) is 64.5 Å². The molecule has 0 spiro atoms. The number of benzene rings is 1. The fourth-order valence-corrected chi connectivity index (χ4v) is 4.79. The van der Waals surface area contributed by atoms with Crippen molar-refractivity contribution in [3.8, 4) is 0 Å². The van der Waals surface area contributed by atoms with Crippen molar-refractivity contribution in [2.24, 2.45) is 0 Å². The van der Waals surface area contributed by atoms with Crippen LogP contribution in [-0.2, 0) is 16.0 Å². The van der Waals surface area contributed by atoms with Gasteiger partial charge in [0.15, 0.2) is 0 Å². The van der Waals surface area contributed by atoms with Crippen molar-refractivity contribution in [2.75, 3.05) is 35.7 Å². The number of carbonyl (C=O) groups excluding carboxylic acids is 2. The first-order chi connectivity index (χ1) is 19.9. The summed E-state index contributed by atoms with van der Waals surface area (Å²) in [5.41, 5.74) is 1.36. The van der Waals surface area contributed by atoms with Crippen LogP contribution in [0.25, 0.3) is 0 Å². The van der Waals surface area contributed by atoms with Gasteiger partial charge in [0, 0.05) is 43.2 Å². The van der Waals surface area contributed by atoms with Crippen molar-refractivity contribution in [2.45, 2.75) is 77.7 Å². The summed E-state index contributed by atoms with van der Waals surface area (Å²) in [6, 6.07) is 9.50. The lowest BCUT2D eigenvalue weighted by molar-refractivity contribution is -0.141. The summed E-state index contributed by atoms with van der Waals surface area (Å²) in [5.74, 6) is -0.785. The van der Waals surface area contributed by atoms with Gasteiger partial charge >= 0.3 is 5.97 Å². The molecular weight excluding hydrogens is 520 g/mol. The van der Waals surface area contributed by atoms with E-state index in [0.29, 0.717) is 30.0 Å². The number of nitrogens with zero attached hydrogens (tertiary/aromatic N) is 2. The van der Waals surface area contributed by atoms with Crippen LogP contribution in [-0.4, -0.2) is 43.1 Å². The summed E-state index contributed by atoms with van der Waals surface area (Å²) in [6.07, 6.45) is 11.8. The number of hydrogen-bond donors (Lipinski definition) is 2. The number of rotatable bonds is 18. The number of hydrogen-bond acceptors (Lipinski definition) is 8. The second-order valence-electron chi connectivity index (χ2n) is 10.3. The lowest BCUT2D eigenvalue weighted by Gasteiger charge is -2.29. The van der Waals surface area contributed by atoms with Crippen LogP contribution in [0.15, 0.2) is 58.4 Å². The third-order valence-corrected chi connectivity index (χ3v) is 7.16. The van der Waals surface area contributed by atoms with E-state index in [0.717, 1.165) is 56.9 Å². The fourth-order valence-electron chi connectivity index (χ4n) is 4.79. The first kappa shape index (κ1) is 31.5. The highest BCUT2D eigenvalue weighted by molar-refractivity contribution is 6.04. The number of ether oxygens (including phenoxy) is 1. The Hall–Kier alpha value is -4.01. The molecule has 2 N–H and O–H groups in total. The fraction of sp³-hybridized carbons (Fsp3) is 0.469. The van der Waals surface area contributed by atoms with Crippen molar-refractivity contribution in [1.82, 2.24) is 4.98 Å². The molecule has 0 fully saturated rings. The van der Waals surface area contributed by atoms with E-state index in [-0.39, 0.29) is 18.0 Å². The molecule has 0 aliphatic heterocycles. The number of anilines is 3. The second-order valence-corrected chi connectivity index (χ2v) is 10.3. The van der Waals surface area contributed by atoms with Crippen molar-refractivity contribution < 1.29 is 14.3 Å². The predicted molar refractivity (Wildman–Crippen MR) is 164 cm³/mol. The molecule has 2 aromatic carbocycles. The van der Waals surface area contributed by atoms with Crippen molar-refractivity contribution in [3.05, 3.63) is 80.4 Å². The van der Waals surface area contributed by atoms with Gasteiger partial charge in [-0.25, -0.2) is 4.79 Å². The Balaban J connectivity index is 1.73. The molecule has 1 amide bonds. The molecule has 41 heavy (non-hydrogen) atoms. The van der Waals surface area contributed by atoms with Crippen LogP contribution in [0.2, 0.25) is 0 Å². The number of nitrogens with one attached hydrogen (secondary N) is 2. The first-order valence-electron chi connectivity index (χ1n) is 14.6. The van der Waals surface area contributed by atoms with E-state index in [1.54, 1.807) is 48.8 Å². The number of carbonyl (C=O) groups is 2. The number of aromatic nitrogens is 1. The van der Waals surface area contributed by atoms with Gasteiger partial charge in [-0.05, 0) is 42.7 Å². The smallest absolute Gasteiger partial charge is 0.328 e. The Bertz CT molecular complexity index is 1300. The average Bonchev–Trinajstić information content (AvgIpc) is 3.00. The van der Waals surface area contributed by atoms with Crippen LogP contribution in [0.4, 0.5) is 17.1 Å². The summed E-state index contributed by atoms with van der Waals surface area (Å²) in [5, 5.41) is 5.88. The zero-order valence-electron chi connectivity index (χ0n) is 24.4. The molecule has 0 unspecified atom stereocenters. The Morgan fingerprint density at radius 2 is 1.46 bits per heavy atom. The zero-order chi connectivity index (χ0) is 29.6. The van der Waals surface area contributed by atoms with Gasteiger partial charge in [-0.15, -0.1) is 0 Å². The van der Waals surface area contributed by atoms with Crippen LogP contribution >= 0.6 is 0 Å². The molecule has 1 atom stereocenters. The standard InChI is InChI=1S/C32H42N4O5/c1-4-6-8-10-20-36(21-11-9-7-5-2)28-27(29(37)30(28)38)35-26(32(40)41-3)22-23-12-14-25(15-13-23)34-31(39)24-16-18-33-19-17-24/h12-19,26,35H,4-11,20-22H2,1-3H3,(H,34,39)/t26-/m0/s1. The average molecular weight is 563 g/mol. The molecule has 0 saturated carbocycles. The molecule has 0 saturated heterocycles.